The molecule has 1 unspecified atom stereocenters. The fraction of sp³-hybridized carbons (Fsp3) is 0.588. The second kappa shape index (κ2) is 14.6. The number of hydrogen-bond acceptors (Lipinski definition) is 4. The zero-order valence-corrected chi connectivity index (χ0v) is 25.4. The molecule has 4 nitrogen and oxygen atoms in total. The summed E-state index contributed by atoms with van der Waals surface area (Å²) in [7, 11) is 0. The fourth-order valence-corrected chi connectivity index (χ4v) is 5.75. The van der Waals surface area contributed by atoms with E-state index in [0.29, 0.717) is 5.78 Å². The van der Waals surface area contributed by atoms with Crippen LogP contribution in [0.4, 0.5) is 0 Å². The Bertz CT molecular complexity index is 1040. The van der Waals surface area contributed by atoms with Crippen molar-refractivity contribution in [1.82, 2.24) is 5.32 Å². The summed E-state index contributed by atoms with van der Waals surface area (Å²) in [6.07, 6.45) is 10.3. The number of benzene rings is 1. The number of carbonyl (C=O) groups is 1. The van der Waals surface area contributed by atoms with E-state index >= 15 is 0 Å². The van der Waals surface area contributed by atoms with Gasteiger partial charge in [0.05, 0.1) is 11.1 Å². The van der Waals surface area contributed by atoms with Crippen LogP contribution < -0.4 is 11.1 Å². The Balaban J connectivity index is 0.000000739. The predicted molar refractivity (Wildman–Crippen MR) is 165 cm³/mol. The standard InChI is InChI=1S/C28H41N3O.C6H12/c1-8-14-31-26(22(6)23(7)29)18-20(4)24-10-11-25(21(5)17-24)28(12-15-30-16-13-28)27(32)19(3)9-2;1-5-3-6(2)4-5/h10-11,14,17-19,30H,4,8-9,12-13,15-16,29H2,1-3,5-7H3;5-6H,3-4H2,1-2H3/b23-22+,26-18+,31-14?;. The Morgan fingerprint density at radius 1 is 1.18 bits per heavy atom. The van der Waals surface area contributed by atoms with Gasteiger partial charge >= 0.3 is 0 Å². The van der Waals surface area contributed by atoms with Crippen LogP contribution in [-0.2, 0) is 10.2 Å². The number of carbonyl (C=O) groups excluding carboxylic acids is 1. The molecule has 0 aromatic heterocycles. The Morgan fingerprint density at radius 3 is 2.24 bits per heavy atom. The van der Waals surface area contributed by atoms with Crippen molar-refractivity contribution >= 4 is 17.6 Å². The predicted octanol–water partition coefficient (Wildman–Crippen LogP) is 7.91. The third-order valence-electron chi connectivity index (χ3n) is 8.41. The summed E-state index contributed by atoms with van der Waals surface area (Å²) in [5, 5.41) is 3.43. The van der Waals surface area contributed by atoms with E-state index in [1.807, 2.05) is 26.1 Å². The monoisotopic (exact) mass is 519 g/mol. The van der Waals surface area contributed by atoms with E-state index in [1.54, 1.807) is 0 Å². The Kier molecular flexibility index (Phi) is 12.2. The molecule has 0 spiro atoms. The molecule has 0 amide bonds. The van der Waals surface area contributed by atoms with Crippen molar-refractivity contribution in [1.29, 1.82) is 0 Å². The van der Waals surface area contributed by atoms with Gasteiger partial charge < -0.3 is 11.1 Å². The number of Topliss-reactive ketones (excluding diaryl/α,β-unsaturated/α-hetero) is 1. The summed E-state index contributed by atoms with van der Waals surface area (Å²) >= 11 is 0. The highest BCUT2D eigenvalue weighted by Gasteiger charge is 2.43. The van der Waals surface area contributed by atoms with Gasteiger partial charge in [0.2, 0.25) is 0 Å². The van der Waals surface area contributed by atoms with E-state index in [0.717, 1.165) is 84.3 Å². The molecule has 2 fully saturated rings. The lowest BCUT2D eigenvalue weighted by molar-refractivity contribution is -0.129. The van der Waals surface area contributed by atoms with Gasteiger partial charge in [0.15, 0.2) is 0 Å². The quantitative estimate of drug-likeness (QED) is 0.257. The summed E-state index contributed by atoms with van der Waals surface area (Å²) < 4.78 is 0. The van der Waals surface area contributed by atoms with Crippen molar-refractivity contribution < 1.29 is 4.79 Å². The second-order valence-corrected chi connectivity index (χ2v) is 11.8. The van der Waals surface area contributed by atoms with Crippen molar-refractivity contribution in [2.24, 2.45) is 28.5 Å². The molecule has 0 radical (unpaired) electrons. The number of rotatable bonds is 9. The molecule has 38 heavy (non-hydrogen) atoms. The van der Waals surface area contributed by atoms with Crippen LogP contribution >= 0.6 is 0 Å². The molecule has 2 aliphatic rings. The first-order valence-electron chi connectivity index (χ1n) is 14.7. The number of aryl methyl sites for hydroxylation is 1. The number of aliphatic imine (C=N–C) groups is 1. The minimum absolute atomic E-state index is 0.0679. The van der Waals surface area contributed by atoms with Crippen LogP contribution in [-0.4, -0.2) is 25.1 Å². The molecule has 210 valence electrons. The molecular weight excluding hydrogens is 466 g/mol. The van der Waals surface area contributed by atoms with E-state index in [9.17, 15) is 4.79 Å². The van der Waals surface area contributed by atoms with Crippen LogP contribution in [0.25, 0.3) is 5.57 Å². The third kappa shape index (κ3) is 8.02. The van der Waals surface area contributed by atoms with Crippen LogP contribution in [0.1, 0.15) is 104 Å². The maximum Gasteiger partial charge on any atom is 0.146 e. The number of ketones is 1. The van der Waals surface area contributed by atoms with E-state index in [4.69, 9.17) is 5.73 Å². The third-order valence-corrected chi connectivity index (χ3v) is 8.41. The van der Waals surface area contributed by atoms with Gasteiger partial charge in [0.1, 0.15) is 5.78 Å². The molecule has 3 rings (SSSR count). The first-order valence-corrected chi connectivity index (χ1v) is 14.7. The number of allylic oxidation sites excluding steroid dienone is 4. The van der Waals surface area contributed by atoms with Gasteiger partial charge in [-0.2, -0.15) is 0 Å². The summed E-state index contributed by atoms with van der Waals surface area (Å²) in [5.74, 6) is 2.53. The smallest absolute Gasteiger partial charge is 0.146 e. The summed E-state index contributed by atoms with van der Waals surface area (Å²) in [5.41, 5.74) is 12.4. The molecule has 1 aliphatic carbocycles. The first-order chi connectivity index (χ1) is 18.0. The maximum atomic E-state index is 13.5. The zero-order chi connectivity index (χ0) is 28.5. The van der Waals surface area contributed by atoms with Crippen LogP contribution in [0.15, 0.2) is 52.8 Å². The molecule has 1 heterocycles. The van der Waals surface area contributed by atoms with Crippen molar-refractivity contribution in [3.8, 4) is 0 Å². The molecule has 1 aromatic rings. The average Bonchev–Trinajstić information content (AvgIpc) is 2.89. The molecule has 3 N–H and O–H groups in total. The van der Waals surface area contributed by atoms with Crippen molar-refractivity contribution in [2.45, 2.75) is 99.3 Å². The molecule has 1 aromatic carbocycles. The Morgan fingerprint density at radius 2 is 1.79 bits per heavy atom. The van der Waals surface area contributed by atoms with E-state index in [1.165, 1.54) is 18.4 Å². The van der Waals surface area contributed by atoms with Crippen molar-refractivity contribution in [2.75, 3.05) is 13.1 Å². The van der Waals surface area contributed by atoms with Crippen LogP contribution in [0, 0.1) is 24.7 Å². The topological polar surface area (TPSA) is 67.5 Å². The fourth-order valence-electron chi connectivity index (χ4n) is 5.75. The minimum atomic E-state index is -0.396. The molecule has 1 atom stereocenters. The molecular formula is C34H53N3O. The molecule has 1 saturated carbocycles. The van der Waals surface area contributed by atoms with Gasteiger partial charge in [-0.15, -0.1) is 0 Å². The maximum absolute atomic E-state index is 13.5. The Labute approximate surface area is 233 Å². The van der Waals surface area contributed by atoms with E-state index < -0.39 is 5.41 Å². The lowest BCUT2D eigenvalue weighted by Gasteiger charge is -2.39. The summed E-state index contributed by atoms with van der Waals surface area (Å²) in [6.45, 7) is 22.9. The zero-order valence-electron chi connectivity index (χ0n) is 25.4. The van der Waals surface area contributed by atoms with Gasteiger partial charge in [-0.3, -0.25) is 9.79 Å². The molecule has 1 aliphatic heterocycles. The largest absolute Gasteiger partial charge is 0.402 e. The SMILES string of the molecule is C=C(/C=C(N=CCC)\C(C)=C(/C)N)c1ccc(C2(C(=O)C(C)CC)CCNCC2)c(C)c1.CC1CC(C)C1. The highest BCUT2D eigenvalue weighted by Crippen LogP contribution is 2.40. The first kappa shape index (κ1) is 31.8. The van der Waals surface area contributed by atoms with E-state index in [-0.39, 0.29) is 5.92 Å². The molecule has 0 bridgehead atoms. The minimum Gasteiger partial charge on any atom is -0.402 e. The van der Waals surface area contributed by atoms with Gasteiger partial charge in [-0.05, 0) is 118 Å². The lowest BCUT2D eigenvalue weighted by atomic mass is 9.65. The molecule has 4 heteroatoms. The van der Waals surface area contributed by atoms with Gasteiger partial charge in [-0.1, -0.05) is 59.4 Å². The Hall–Kier alpha value is -2.46. The number of nitrogens with zero attached hydrogens (tertiary/aromatic N) is 1. The molecule has 1 saturated heterocycles. The highest BCUT2D eigenvalue weighted by molar-refractivity contribution is 5.92. The van der Waals surface area contributed by atoms with Crippen LogP contribution in [0.2, 0.25) is 0 Å². The lowest BCUT2D eigenvalue weighted by Crippen LogP contribution is -2.48. The van der Waals surface area contributed by atoms with Crippen LogP contribution in [0.5, 0.6) is 0 Å². The van der Waals surface area contributed by atoms with Crippen molar-refractivity contribution in [3.63, 3.8) is 0 Å². The normalized spacial score (nSPS) is 22.6. The highest BCUT2D eigenvalue weighted by atomic mass is 16.1. The second-order valence-electron chi connectivity index (χ2n) is 11.8. The van der Waals surface area contributed by atoms with Gasteiger partial charge in [0, 0.05) is 17.8 Å². The summed E-state index contributed by atoms with van der Waals surface area (Å²) in [6, 6.07) is 6.42. The number of hydrogen-bond donors (Lipinski definition) is 2. The number of piperidine rings is 1. The number of nitrogens with one attached hydrogen (secondary N) is 1. The van der Waals surface area contributed by atoms with Gasteiger partial charge in [0.25, 0.3) is 0 Å². The van der Waals surface area contributed by atoms with Crippen molar-refractivity contribution in [3.05, 3.63) is 64.5 Å². The average molecular weight is 520 g/mol. The number of nitrogens with two attached hydrogens (primary N) is 1. The summed E-state index contributed by atoms with van der Waals surface area (Å²) in [4.78, 5) is 18.1. The van der Waals surface area contributed by atoms with Gasteiger partial charge in [-0.25, -0.2) is 0 Å². The van der Waals surface area contributed by atoms with Crippen LogP contribution in [0.3, 0.4) is 0 Å². The van der Waals surface area contributed by atoms with E-state index in [2.05, 4.69) is 76.6 Å².